The van der Waals surface area contributed by atoms with Gasteiger partial charge in [-0.2, -0.15) is 0 Å². The van der Waals surface area contributed by atoms with Crippen molar-refractivity contribution in [3.63, 3.8) is 0 Å². The van der Waals surface area contributed by atoms with Crippen molar-refractivity contribution in [3.05, 3.63) is 35.9 Å². The van der Waals surface area contributed by atoms with E-state index in [0.717, 1.165) is 11.3 Å². The Morgan fingerprint density at radius 3 is 2.79 bits per heavy atom. The molecule has 1 N–H and O–H groups in total. The molecule has 4 nitrogen and oxygen atoms in total. The van der Waals surface area contributed by atoms with Crippen molar-refractivity contribution in [2.45, 2.75) is 19.4 Å². The smallest absolute Gasteiger partial charge is 0.246 e. The normalized spacial score (nSPS) is 19.1. The first-order chi connectivity index (χ1) is 9.19. The average molecular weight is 261 g/mol. The highest BCUT2D eigenvalue weighted by Gasteiger charge is 2.22. The molecule has 0 bridgehead atoms. The van der Waals surface area contributed by atoms with E-state index in [-0.39, 0.29) is 12.0 Å². The minimum Gasteiger partial charge on any atom is -0.494 e. The number of amides is 1. The summed E-state index contributed by atoms with van der Waals surface area (Å²) in [6, 6.07) is 7.59. The summed E-state index contributed by atoms with van der Waals surface area (Å²) in [5, 5.41) is 9.38. The van der Waals surface area contributed by atoms with E-state index in [1.54, 1.807) is 17.1 Å². The van der Waals surface area contributed by atoms with Gasteiger partial charge < -0.3 is 14.7 Å². The first-order valence-corrected chi connectivity index (χ1v) is 6.57. The molecule has 1 heterocycles. The first-order valence-electron chi connectivity index (χ1n) is 6.57. The first kappa shape index (κ1) is 13.6. The summed E-state index contributed by atoms with van der Waals surface area (Å²) in [5.41, 5.74) is 0.955. The highest BCUT2D eigenvalue weighted by atomic mass is 16.5. The van der Waals surface area contributed by atoms with Gasteiger partial charge in [0.05, 0.1) is 12.7 Å². The molecule has 1 saturated heterocycles. The molecule has 0 saturated carbocycles. The number of carbonyl (C=O) groups is 1. The molecule has 102 valence electrons. The van der Waals surface area contributed by atoms with Gasteiger partial charge in [0, 0.05) is 19.2 Å². The number of carbonyl (C=O) groups excluding carboxylic acids is 1. The minimum absolute atomic E-state index is 0.0505. The molecule has 1 atom stereocenters. The Morgan fingerprint density at radius 2 is 2.21 bits per heavy atom. The lowest BCUT2D eigenvalue weighted by atomic mass is 10.2. The van der Waals surface area contributed by atoms with Gasteiger partial charge in [-0.3, -0.25) is 4.79 Å². The standard InChI is InChI=1S/C15H19NO3/c1-2-19-14-6-3-12(4-7-14)5-8-15(18)16-10-9-13(17)11-16/h3-8,13,17H,2,9-11H2,1H3/t13-/m1/s1. The molecule has 0 radical (unpaired) electrons. The fourth-order valence-electron chi connectivity index (χ4n) is 2.06. The molecule has 1 aromatic rings. The van der Waals surface area contributed by atoms with E-state index in [1.807, 2.05) is 31.2 Å². The third-order valence-corrected chi connectivity index (χ3v) is 3.08. The summed E-state index contributed by atoms with van der Waals surface area (Å²) < 4.78 is 5.35. The summed E-state index contributed by atoms with van der Waals surface area (Å²) in [5.74, 6) is 0.777. The second-order valence-electron chi connectivity index (χ2n) is 4.56. The van der Waals surface area contributed by atoms with Crippen LogP contribution < -0.4 is 4.74 Å². The van der Waals surface area contributed by atoms with Crippen LogP contribution >= 0.6 is 0 Å². The molecular formula is C15H19NO3. The van der Waals surface area contributed by atoms with Gasteiger partial charge in [0.25, 0.3) is 0 Å². The van der Waals surface area contributed by atoms with Crippen LogP contribution in [0.2, 0.25) is 0 Å². The predicted octanol–water partition coefficient (Wildman–Crippen LogP) is 1.69. The highest BCUT2D eigenvalue weighted by Crippen LogP contribution is 2.14. The highest BCUT2D eigenvalue weighted by molar-refractivity contribution is 5.92. The van der Waals surface area contributed by atoms with Gasteiger partial charge in [-0.25, -0.2) is 0 Å². The number of likely N-dealkylation sites (tertiary alicyclic amines) is 1. The number of benzene rings is 1. The van der Waals surface area contributed by atoms with Gasteiger partial charge in [0.1, 0.15) is 5.75 Å². The molecule has 0 spiro atoms. The molecule has 0 aliphatic carbocycles. The average Bonchev–Trinajstić information content (AvgIpc) is 2.85. The van der Waals surface area contributed by atoms with Crippen LogP contribution in [0.15, 0.2) is 30.3 Å². The van der Waals surface area contributed by atoms with Crippen LogP contribution in [0.25, 0.3) is 6.08 Å². The number of hydrogen-bond acceptors (Lipinski definition) is 3. The van der Waals surface area contributed by atoms with Crippen LogP contribution in [0.5, 0.6) is 5.75 Å². The number of aliphatic hydroxyl groups excluding tert-OH is 1. The maximum Gasteiger partial charge on any atom is 0.246 e. The van der Waals surface area contributed by atoms with Crippen LogP contribution in [0.1, 0.15) is 18.9 Å². The van der Waals surface area contributed by atoms with Crippen molar-refractivity contribution in [3.8, 4) is 5.75 Å². The van der Waals surface area contributed by atoms with E-state index in [4.69, 9.17) is 4.74 Å². The molecule has 0 aromatic heterocycles. The second kappa shape index (κ2) is 6.38. The largest absolute Gasteiger partial charge is 0.494 e. The Bertz CT molecular complexity index is 453. The number of aliphatic hydroxyl groups is 1. The van der Waals surface area contributed by atoms with Crippen molar-refractivity contribution in [2.24, 2.45) is 0 Å². The topological polar surface area (TPSA) is 49.8 Å². The van der Waals surface area contributed by atoms with Crippen molar-refractivity contribution in [1.82, 2.24) is 4.90 Å². The van der Waals surface area contributed by atoms with Crippen molar-refractivity contribution in [1.29, 1.82) is 0 Å². The zero-order valence-corrected chi connectivity index (χ0v) is 11.1. The maximum atomic E-state index is 11.8. The van der Waals surface area contributed by atoms with Crippen LogP contribution in [-0.2, 0) is 4.79 Å². The molecule has 1 aliphatic rings. The van der Waals surface area contributed by atoms with Crippen LogP contribution in [0.4, 0.5) is 0 Å². The molecule has 1 aromatic carbocycles. The fraction of sp³-hybridized carbons (Fsp3) is 0.400. The zero-order chi connectivity index (χ0) is 13.7. The van der Waals surface area contributed by atoms with Crippen LogP contribution in [0.3, 0.4) is 0 Å². The van der Waals surface area contributed by atoms with E-state index in [1.165, 1.54) is 0 Å². The Balaban J connectivity index is 1.92. The van der Waals surface area contributed by atoms with Gasteiger partial charge in [0.15, 0.2) is 0 Å². The summed E-state index contributed by atoms with van der Waals surface area (Å²) in [6.07, 6.45) is 3.63. The van der Waals surface area contributed by atoms with Crippen LogP contribution in [0, 0.1) is 0 Å². The molecule has 1 amide bonds. The van der Waals surface area contributed by atoms with Gasteiger partial charge in [-0.1, -0.05) is 12.1 Å². The van der Waals surface area contributed by atoms with E-state index >= 15 is 0 Å². The Labute approximate surface area is 113 Å². The molecule has 0 unspecified atom stereocenters. The van der Waals surface area contributed by atoms with Gasteiger partial charge in [-0.05, 0) is 37.1 Å². The molecular weight excluding hydrogens is 242 g/mol. The predicted molar refractivity (Wildman–Crippen MR) is 73.8 cm³/mol. The molecule has 19 heavy (non-hydrogen) atoms. The summed E-state index contributed by atoms with van der Waals surface area (Å²) in [6.45, 7) is 3.65. The van der Waals surface area contributed by atoms with E-state index in [9.17, 15) is 9.90 Å². The number of ether oxygens (including phenoxy) is 1. The quantitative estimate of drug-likeness (QED) is 0.839. The molecule has 2 rings (SSSR count). The SMILES string of the molecule is CCOc1ccc(C=CC(=O)N2CC[C@@H](O)C2)cc1. The number of nitrogens with zero attached hydrogens (tertiary/aromatic N) is 1. The maximum absolute atomic E-state index is 11.8. The van der Waals surface area contributed by atoms with Crippen LogP contribution in [-0.4, -0.2) is 41.7 Å². The van der Waals surface area contributed by atoms with Gasteiger partial charge in [0.2, 0.25) is 5.91 Å². The van der Waals surface area contributed by atoms with Crippen molar-refractivity contribution in [2.75, 3.05) is 19.7 Å². The molecule has 1 fully saturated rings. The number of β-amino-alcohol motifs (C(OH)–C–C–N with tert-alkyl or cyclic N) is 1. The Hall–Kier alpha value is -1.81. The lowest BCUT2D eigenvalue weighted by Crippen LogP contribution is -2.27. The molecule has 1 aliphatic heterocycles. The third-order valence-electron chi connectivity index (χ3n) is 3.08. The third kappa shape index (κ3) is 3.83. The molecule has 4 heteroatoms. The minimum atomic E-state index is -0.372. The Kier molecular flexibility index (Phi) is 4.58. The summed E-state index contributed by atoms with van der Waals surface area (Å²) in [7, 11) is 0. The van der Waals surface area contributed by atoms with Gasteiger partial charge >= 0.3 is 0 Å². The van der Waals surface area contributed by atoms with Crippen molar-refractivity contribution < 1.29 is 14.6 Å². The lowest BCUT2D eigenvalue weighted by Gasteiger charge is -2.12. The number of hydrogen-bond donors (Lipinski definition) is 1. The Morgan fingerprint density at radius 1 is 1.47 bits per heavy atom. The second-order valence-corrected chi connectivity index (χ2v) is 4.56. The van der Waals surface area contributed by atoms with Crippen molar-refractivity contribution >= 4 is 12.0 Å². The van der Waals surface area contributed by atoms with E-state index < -0.39 is 0 Å². The number of rotatable bonds is 4. The summed E-state index contributed by atoms with van der Waals surface area (Å²) >= 11 is 0. The van der Waals surface area contributed by atoms with E-state index in [2.05, 4.69) is 0 Å². The zero-order valence-electron chi connectivity index (χ0n) is 11.1. The summed E-state index contributed by atoms with van der Waals surface area (Å²) in [4.78, 5) is 13.5. The fourth-order valence-corrected chi connectivity index (χ4v) is 2.06. The van der Waals surface area contributed by atoms with Gasteiger partial charge in [-0.15, -0.1) is 0 Å². The lowest BCUT2D eigenvalue weighted by molar-refractivity contribution is -0.125. The van der Waals surface area contributed by atoms with E-state index in [0.29, 0.717) is 26.1 Å². The monoisotopic (exact) mass is 261 g/mol.